The van der Waals surface area contributed by atoms with E-state index in [1.165, 1.54) is 23.9 Å². The molecule has 0 spiro atoms. The monoisotopic (exact) mass is 352 g/mol. The zero-order valence-corrected chi connectivity index (χ0v) is 15.2. The number of nitrogens with one attached hydrogen (secondary N) is 1. The van der Waals surface area contributed by atoms with Crippen LogP contribution in [0.25, 0.3) is 0 Å². The number of hydrogen-bond acceptors (Lipinski definition) is 3. The number of amides is 2. The van der Waals surface area contributed by atoms with Gasteiger partial charge in [-0.05, 0) is 24.1 Å². The highest BCUT2D eigenvalue weighted by Crippen LogP contribution is 2.42. The molecule has 24 heavy (non-hydrogen) atoms. The van der Waals surface area contributed by atoms with Gasteiger partial charge in [-0.15, -0.1) is 11.8 Å². The van der Waals surface area contributed by atoms with Gasteiger partial charge in [0.1, 0.15) is 17.2 Å². The second-order valence-corrected chi connectivity index (χ2v) is 7.41. The van der Waals surface area contributed by atoms with Gasteiger partial charge in [0.2, 0.25) is 11.8 Å². The lowest BCUT2D eigenvalue weighted by Crippen LogP contribution is -2.49. The average Bonchev–Trinajstić information content (AvgIpc) is 2.99. The second kappa shape index (κ2) is 8.51. The van der Waals surface area contributed by atoms with E-state index in [9.17, 15) is 14.0 Å². The lowest BCUT2D eigenvalue weighted by molar-refractivity contribution is -0.142. The molecular formula is C18H25FN2O2S. The molecule has 1 aromatic carbocycles. The molecule has 2 atom stereocenters. The number of benzene rings is 1. The van der Waals surface area contributed by atoms with Gasteiger partial charge in [-0.1, -0.05) is 39.3 Å². The van der Waals surface area contributed by atoms with Crippen LogP contribution in [-0.4, -0.2) is 35.1 Å². The second-order valence-electron chi connectivity index (χ2n) is 6.30. The van der Waals surface area contributed by atoms with Crippen molar-refractivity contribution in [2.45, 2.75) is 45.0 Å². The van der Waals surface area contributed by atoms with Gasteiger partial charge in [0.05, 0.1) is 0 Å². The van der Waals surface area contributed by atoms with Crippen LogP contribution >= 0.6 is 11.8 Å². The number of carbonyl (C=O) groups is 2. The van der Waals surface area contributed by atoms with E-state index in [2.05, 4.69) is 12.2 Å². The molecule has 132 valence electrons. The Morgan fingerprint density at radius 1 is 1.42 bits per heavy atom. The fourth-order valence-corrected chi connectivity index (χ4v) is 4.13. The molecule has 1 N–H and O–H groups in total. The van der Waals surface area contributed by atoms with Gasteiger partial charge in [-0.3, -0.25) is 9.59 Å². The zero-order chi connectivity index (χ0) is 17.7. The van der Waals surface area contributed by atoms with E-state index in [0.29, 0.717) is 12.3 Å². The predicted octanol–water partition coefficient (Wildman–Crippen LogP) is 3.34. The Hall–Kier alpha value is -1.56. The van der Waals surface area contributed by atoms with E-state index in [-0.39, 0.29) is 28.9 Å². The van der Waals surface area contributed by atoms with Gasteiger partial charge in [0, 0.05) is 18.2 Å². The minimum absolute atomic E-state index is 0.0788. The summed E-state index contributed by atoms with van der Waals surface area (Å²) >= 11 is 1.51. The van der Waals surface area contributed by atoms with Crippen molar-refractivity contribution < 1.29 is 14.0 Å². The van der Waals surface area contributed by atoms with E-state index in [1.807, 2.05) is 13.8 Å². The van der Waals surface area contributed by atoms with Gasteiger partial charge in [-0.25, -0.2) is 4.39 Å². The Balaban J connectivity index is 2.23. The highest BCUT2D eigenvalue weighted by Gasteiger charge is 2.42. The number of halogens is 1. The molecule has 2 rings (SSSR count). The van der Waals surface area contributed by atoms with Crippen molar-refractivity contribution >= 4 is 23.6 Å². The first kappa shape index (κ1) is 18.8. The Morgan fingerprint density at radius 3 is 2.79 bits per heavy atom. The third-order valence-electron chi connectivity index (χ3n) is 4.01. The van der Waals surface area contributed by atoms with Crippen molar-refractivity contribution in [1.82, 2.24) is 10.2 Å². The summed E-state index contributed by atoms with van der Waals surface area (Å²) in [7, 11) is 0. The minimum Gasteiger partial charge on any atom is -0.354 e. The SMILES string of the molecule is CCCCNC(=O)C1CSC(c2cccc(F)c2)N1C(=O)C(C)C. The van der Waals surface area contributed by atoms with E-state index in [0.717, 1.165) is 18.4 Å². The van der Waals surface area contributed by atoms with Gasteiger partial charge in [-0.2, -0.15) is 0 Å². The quantitative estimate of drug-likeness (QED) is 0.799. The average molecular weight is 352 g/mol. The maximum absolute atomic E-state index is 13.6. The van der Waals surface area contributed by atoms with Crippen LogP contribution < -0.4 is 5.32 Å². The molecule has 0 bridgehead atoms. The lowest BCUT2D eigenvalue weighted by Gasteiger charge is -2.30. The summed E-state index contributed by atoms with van der Waals surface area (Å²) in [6.45, 7) is 6.32. The largest absolute Gasteiger partial charge is 0.354 e. The van der Waals surface area contributed by atoms with Gasteiger partial charge >= 0.3 is 0 Å². The van der Waals surface area contributed by atoms with E-state index in [1.54, 1.807) is 17.0 Å². The molecule has 0 radical (unpaired) electrons. The maximum Gasteiger partial charge on any atom is 0.243 e. The molecule has 2 unspecified atom stereocenters. The number of hydrogen-bond donors (Lipinski definition) is 1. The number of nitrogens with zero attached hydrogens (tertiary/aromatic N) is 1. The maximum atomic E-state index is 13.6. The molecule has 0 aromatic heterocycles. The Morgan fingerprint density at radius 2 is 2.17 bits per heavy atom. The summed E-state index contributed by atoms with van der Waals surface area (Å²) in [5.41, 5.74) is 0.720. The topological polar surface area (TPSA) is 49.4 Å². The third-order valence-corrected chi connectivity index (χ3v) is 5.34. The van der Waals surface area contributed by atoms with Crippen LogP contribution in [-0.2, 0) is 9.59 Å². The van der Waals surface area contributed by atoms with Crippen LogP contribution in [0.1, 0.15) is 44.6 Å². The number of thioether (sulfide) groups is 1. The predicted molar refractivity (Wildman–Crippen MR) is 95.0 cm³/mol. The summed E-state index contributed by atoms with van der Waals surface area (Å²) in [5, 5.41) is 2.59. The third kappa shape index (κ3) is 4.29. The van der Waals surface area contributed by atoms with E-state index in [4.69, 9.17) is 0 Å². The molecule has 6 heteroatoms. The van der Waals surface area contributed by atoms with Gasteiger partial charge in [0.25, 0.3) is 0 Å². The van der Waals surface area contributed by atoms with E-state index >= 15 is 0 Å². The van der Waals surface area contributed by atoms with Crippen LogP contribution in [0.5, 0.6) is 0 Å². The van der Waals surface area contributed by atoms with Crippen molar-refractivity contribution in [3.63, 3.8) is 0 Å². The molecular weight excluding hydrogens is 327 g/mol. The zero-order valence-electron chi connectivity index (χ0n) is 14.4. The Kier molecular flexibility index (Phi) is 6.66. The summed E-state index contributed by atoms with van der Waals surface area (Å²) in [6, 6.07) is 5.76. The molecule has 1 aliphatic heterocycles. The van der Waals surface area contributed by atoms with Crippen molar-refractivity contribution in [1.29, 1.82) is 0 Å². The molecule has 1 heterocycles. The first-order valence-electron chi connectivity index (χ1n) is 8.42. The first-order valence-corrected chi connectivity index (χ1v) is 9.47. The fraction of sp³-hybridized carbons (Fsp3) is 0.556. The van der Waals surface area contributed by atoms with Crippen molar-refractivity contribution in [2.24, 2.45) is 5.92 Å². The highest BCUT2D eigenvalue weighted by atomic mass is 32.2. The molecule has 0 aliphatic carbocycles. The Bertz CT molecular complexity index is 594. The van der Waals surface area contributed by atoms with Crippen LogP contribution in [0.2, 0.25) is 0 Å². The minimum atomic E-state index is -0.505. The lowest BCUT2D eigenvalue weighted by atomic mass is 10.1. The van der Waals surface area contributed by atoms with Crippen LogP contribution in [0.3, 0.4) is 0 Å². The Labute approximate surface area is 147 Å². The molecule has 1 saturated heterocycles. The van der Waals surface area contributed by atoms with Crippen molar-refractivity contribution in [2.75, 3.05) is 12.3 Å². The number of unbranched alkanes of at least 4 members (excludes halogenated alkanes) is 1. The molecule has 1 aromatic rings. The molecule has 1 aliphatic rings. The van der Waals surface area contributed by atoms with Crippen molar-refractivity contribution in [3.05, 3.63) is 35.6 Å². The van der Waals surface area contributed by atoms with Crippen LogP contribution in [0.4, 0.5) is 4.39 Å². The summed E-state index contributed by atoms with van der Waals surface area (Å²) in [4.78, 5) is 26.8. The normalized spacial score (nSPS) is 20.5. The standard InChI is InChI=1S/C18H25FN2O2S/c1-4-5-9-20-16(22)15-11-24-18(21(15)17(23)12(2)3)13-7-6-8-14(19)10-13/h6-8,10,12,15,18H,4-5,9,11H2,1-3H3,(H,20,22). The smallest absolute Gasteiger partial charge is 0.243 e. The molecule has 1 fully saturated rings. The van der Waals surface area contributed by atoms with Gasteiger partial charge < -0.3 is 10.2 Å². The van der Waals surface area contributed by atoms with Crippen LogP contribution in [0.15, 0.2) is 24.3 Å². The van der Waals surface area contributed by atoms with Gasteiger partial charge in [0.15, 0.2) is 0 Å². The van der Waals surface area contributed by atoms with Crippen LogP contribution in [0, 0.1) is 11.7 Å². The number of rotatable bonds is 6. The molecule has 4 nitrogen and oxygen atoms in total. The van der Waals surface area contributed by atoms with E-state index < -0.39 is 6.04 Å². The summed E-state index contributed by atoms with van der Waals surface area (Å²) < 4.78 is 13.6. The molecule has 2 amide bonds. The highest BCUT2D eigenvalue weighted by molar-refractivity contribution is 7.99. The fourth-order valence-electron chi connectivity index (χ4n) is 2.70. The van der Waals surface area contributed by atoms with Crippen molar-refractivity contribution in [3.8, 4) is 0 Å². The summed E-state index contributed by atoms with van der Waals surface area (Å²) in [5.74, 6) is -0.224. The molecule has 0 saturated carbocycles. The number of carbonyl (C=O) groups excluding carboxylic acids is 2. The summed E-state index contributed by atoms with van der Waals surface area (Å²) in [6.07, 6.45) is 1.91. The first-order chi connectivity index (χ1) is 11.5.